The highest BCUT2D eigenvalue weighted by Gasteiger charge is 2.30. The smallest absolute Gasteiger partial charge is 0.123 e. The van der Waals surface area contributed by atoms with Gasteiger partial charge in [-0.1, -0.05) is 24.6 Å². The molecule has 1 heterocycles. The lowest BCUT2D eigenvalue weighted by Gasteiger charge is -2.42. The van der Waals surface area contributed by atoms with Gasteiger partial charge in [0.1, 0.15) is 5.75 Å². The maximum Gasteiger partial charge on any atom is 0.123 e. The molecule has 3 heteroatoms. The van der Waals surface area contributed by atoms with E-state index >= 15 is 0 Å². The van der Waals surface area contributed by atoms with Crippen molar-refractivity contribution in [1.29, 1.82) is 0 Å². The van der Waals surface area contributed by atoms with Crippen LogP contribution in [0.4, 0.5) is 0 Å². The molecule has 106 valence electrons. The van der Waals surface area contributed by atoms with Gasteiger partial charge in [-0.25, -0.2) is 0 Å². The second-order valence-corrected chi connectivity index (χ2v) is 5.58. The summed E-state index contributed by atoms with van der Waals surface area (Å²) in [5.74, 6) is 0.976. The average molecular weight is 262 g/mol. The van der Waals surface area contributed by atoms with Crippen LogP contribution >= 0.6 is 0 Å². The van der Waals surface area contributed by atoms with Crippen LogP contribution in [0.3, 0.4) is 0 Å². The van der Waals surface area contributed by atoms with E-state index in [0.717, 1.165) is 12.3 Å². The zero-order chi connectivity index (χ0) is 13.8. The largest absolute Gasteiger partial charge is 0.496 e. The molecule has 0 saturated carbocycles. The number of likely N-dealkylation sites (tertiary alicyclic amines) is 1. The predicted octanol–water partition coefficient (Wildman–Crippen LogP) is 2.96. The molecule has 0 bridgehead atoms. The van der Waals surface area contributed by atoms with E-state index in [1.54, 1.807) is 7.11 Å². The summed E-state index contributed by atoms with van der Waals surface area (Å²) in [6.07, 6.45) is 3.77. The highest BCUT2D eigenvalue weighted by molar-refractivity contribution is 5.35. The van der Waals surface area contributed by atoms with E-state index in [2.05, 4.69) is 30.9 Å². The van der Waals surface area contributed by atoms with Crippen LogP contribution in [0, 0.1) is 0 Å². The summed E-state index contributed by atoms with van der Waals surface area (Å²) in [5, 5.41) is 0. The van der Waals surface area contributed by atoms with Crippen molar-refractivity contribution in [2.45, 2.75) is 51.2 Å². The summed E-state index contributed by atoms with van der Waals surface area (Å²) in [4.78, 5) is 2.55. The Morgan fingerprint density at radius 2 is 2.00 bits per heavy atom. The molecule has 2 rings (SSSR count). The normalized spacial score (nSPS) is 23.9. The van der Waals surface area contributed by atoms with Crippen molar-refractivity contribution in [2.24, 2.45) is 5.73 Å². The highest BCUT2D eigenvalue weighted by Crippen LogP contribution is 2.33. The number of nitrogens with two attached hydrogens (primary N) is 1. The van der Waals surface area contributed by atoms with E-state index < -0.39 is 0 Å². The number of rotatable bonds is 4. The van der Waals surface area contributed by atoms with E-state index in [0.29, 0.717) is 12.1 Å². The van der Waals surface area contributed by atoms with Crippen LogP contribution in [-0.4, -0.2) is 30.6 Å². The van der Waals surface area contributed by atoms with E-state index in [4.69, 9.17) is 10.5 Å². The monoisotopic (exact) mass is 262 g/mol. The van der Waals surface area contributed by atoms with Crippen LogP contribution in [0.25, 0.3) is 0 Å². The topological polar surface area (TPSA) is 38.5 Å². The van der Waals surface area contributed by atoms with Gasteiger partial charge in [0.25, 0.3) is 0 Å². The number of hydrogen-bond donors (Lipinski definition) is 1. The predicted molar refractivity (Wildman–Crippen MR) is 79.4 cm³/mol. The van der Waals surface area contributed by atoms with Gasteiger partial charge in [0, 0.05) is 23.7 Å². The van der Waals surface area contributed by atoms with Crippen molar-refractivity contribution < 1.29 is 4.74 Å². The number of piperidine rings is 1. The molecule has 0 amide bonds. The second-order valence-electron chi connectivity index (χ2n) is 5.58. The Balaban J connectivity index is 2.23. The van der Waals surface area contributed by atoms with Gasteiger partial charge in [0.05, 0.1) is 7.11 Å². The number of methoxy groups -OCH3 is 1. The molecule has 1 aromatic carbocycles. The number of benzene rings is 1. The van der Waals surface area contributed by atoms with Gasteiger partial charge in [-0.15, -0.1) is 0 Å². The zero-order valence-electron chi connectivity index (χ0n) is 12.3. The van der Waals surface area contributed by atoms with Gasteiger partial charge < -0.3 is 10.5 Å². The second kappa shape index (κ2) is 6.40. The molecule has 3 atom stereocenters. The summed E-state index contributed by atoms with van der Waals surface area (Å²) in [6.45, 7) is 5.52. The quantitative estimate of drug-likeness (QED) is 0.906. The Morgan fingerprint density at radius 1 is 1.26 bits per heavy atom. The molecular weight excluding hydrogens is 236 g/mol. The molecule has 3 unspecified atom stereocenters. The lowest BCUT2D eigenvalue weighted by molar-refractivity contribution is 0.0877. The molecule has 0 aromatic heterocycles. The van der Waals surface area contributed by atoms with Crippen LogP contribution in [0.15, 0.2) is 24.3 Å². The van der Waals surface area contributed by atoms with Crippen molar-refractivity contribution >= 4 is 0 Å². The Morgan fingerprint density at radius 3 is 2.68 bits per heavy atom. The summed E-state index contributed by atoms with van der Waals surface area (Å²) in [6, 6.07) is 9.36. The van der Waals surface area contributed by atoms with Crippen molar-refractivity contribution in [1.82, 2.24) is 4.90 Å². The lowest BCUT2D eigenvalue weighted by atomic mass is 9.93. The number of nitrogens with zero attached hydrogens (tertiary/aromatic N) is 1. The molecule has 1 aliphatic rings. The van der Waals surface area contributed by atoms with Crippen molar-refractivity contribution in [3.8, 4) is 5.75 Å². The maximum absolute atomic E-state index is 6.17. The third kappa shape index (κ3) is 3.10. The van der Waals surface area contributed by atoms with Crippen LogP contribution < -0.4 is 10.5 Å². The van der Waals surface area contributed by atoms with Gasteiger partial charge in [-0.3, -0.25) is 4.90 Å². The van der Waals surface area contributed by atoms with Gasteiger partial charge in [-0.05, 0) is 39.3 Å². The number of para-hydroxylation sites is 1. The van der Waals surface area contributed by atoms with Crippen molar-refractivity contribution in [3.63, 3.8) is 0 Å². The summed E-state index contributed by atoms with van der Waals surface area (Å²) >= 11 is 0. The average Bonchev–Trinajstić information content (AvgIpc) is 2.46. The first kappa shape index (κ1) is 14.4. The SMILES string of the molecule is COc1ccccc1C(C)N1CCCCC1C(C)N. The molecule has 3 nitrogen and oxygen atoms in total. The Labute approximate surface area is 116 Å². The standard InChI is InChI=1S/C16H26N2O/c1-12(17)15-9-6-7-11-18(15)13(2)14-8-4-5-10-16(14)19-3/h4-5,8,10,12-13,15H,6-7,9,11,17H2,1-3H3. The molecular formula is C16H26N2O. The Hall–Kier alpha value is -1.06. The van der Waals surface area contributed by atoms with Crippen LogP contribution in [-0.2, 0) is 0 Å². The number of hydrogen-bond acceptors (Lipinski definition) is 3. The van der Waals surface area contributed by atoms with E-state index in [1.807, 2.05) is 12.1 Å². The first-order valence-electron chi connectivity index (χ1n) is 7.29. The van der Waals surface area contributed by atoms with E-state index in [1.165, 1.54) is 24.8 Å². The van der Waals surface area contributed by atoms with Crippen LogP contribution in [0.5, 0.6) is 5.75 Å². The third-order valence-electron chi connectivity index (χ3n) is 4.29. The van der Waals surface area contributed by atoms with Crippen LogP contribution in [0.2, 0.25) is 0 Å². The third-order valence-corrected chi connectivity index (χ3v) is 4.29. The Kier molecular flexibility index (Phi) is 4.83. The fourth-order valence-electron chi connectivity index (χ4n) is 3.22. The molecule has 0 radical (unpaired) electrons. The molecule has 0 spiro atoms. The van der Waals surface area contributed by atoms with E-state index in [-0.39, 0.29) is 6.04 Å². The molecule has 19 heavy (non-hydrogen) atoms. The summed E-state index contributed by atoms with van der Waals surface area (Å²) in [5.41, 5.74) is 7.43. The zero-order valence-corrected chi connectivity index (χ0v) is 12.3. The Bertz CT molecular complexity index is 405. The van der Waals surface area contributed by atoms with Gasteiger partial charge in [0.15, 0.2) is 0 Å². The molecule has 1 saturated heterocycles. The van der Waals surface area contributed by atoms with E-state index in [9.17, 15) is 0 Å². The summed E-state index contributed by atoms with van der Waals surface area (Å²) < 4.78 is 5.50. The van der Waals surface area contributed by atoms with Crippen molar-refractivity contribution in [2.75, 3.05) is 13.7 Å². The van der Waals surface area contributed by atoms with Crippen molar-refractivity contribution in [3.05, 3.63) is 29.8 Å². The minimum atomic E-state index is 0.220. The lowest BCUT2D eigenvalue weighted by Crippen LogP contribution is -2.49. The summed E-state index contributed by atoms with van der Waals surface area (Å²) in [7, 11) is 1.74. The van der Waals surface area contributed by atoms with Gasteiger partial charge in [0.2, 0.25) is 0 Å². The number of ether oxygens (including phenoxy) is 1. The first-order valence-corrected chi connectivity index (χ1v) is 7.29. The molecule has 2 N–H and O–H groups in total. The molecule has 1 aliphatic heterocycles. The molecule has 1 aromatic rings. The van der Waals surface area contributed by atoms with Crippen LogP contribution in [0.1, 0.15) is 44.7 Å². The van der Waals surface area contributed by atoms with Gasteiger partial charge in [-0.2, -0.15) is 0 Å². The fraction of sp³-hybridized carbons (Fsp3) is 0.625. The van der Waals surface area contributed by atoms with Gasteiger partial charge >= 0.3 is 0 Å². The molecule has 1 fully saturated rings. The maximum atomic E-state index is 6.17. The first-order chi connectivity index (χ1) is 9.15. The minimum absolute atomic E-state index is 0.220. The highest BCUT2D eigenvalue weighted by atomic mass is 16.5. The fourth-order valence-corrected chi connectivity index (χ4v) is 3.22. The minimum Gasteiger partial charge on any atom is -0.496 e. The molecule has 0 aliphatic carbocycles.